The Morgan fingerprint density at radius 2 is 2.22 bits per heavy atom. The van der Waals surface area contributed by atoms with Gasteiger partial charge in [-0.2, -0.15) is 0 Å². The Morgan fingerprint density at radius 1 is 1.56 bits per heavy atom. The van der Waals surface area contributed by atoms with Gasteiger partial charge in [-0.15, -0.1) is 11.3 Å². The molecule has 2 N–H and O–H groups in total. The molecule has 0 fully saturated rings. The topological polar surface area (TPSA) is 62.5 Å². The predicted molar refractivity (Wildman–Crippen MR) is 75.6 cm³/mol. The highest BCUT2D eigenvalue weighted by molar-refractivity contribution is 7.13. The van der Waals surface area contributed by atoms with Gasteiger partial charge in [0.25, 0.3) is 0 Å². The third-order valence-electron chi connectivity index (χ3n) is 2.72. The normalized spacial score (nSPS) is 12.7. The van der Waals surface area contributed by atoms with Crippen LogP contribution in [0.3, 0.4) is 0 Å². The molecular weight excluding hydrogens is 248 g/mol. The molecule has 0 aliphatic carbocycles. The van der Waals surface area contributed by atoms with Crippen LogP contribution in [-0.2, 0) is 11.2 Å². The molecule has 1 atom stereocenters. The molecule has 0 bridgehead atoms. The Balaban J connectivity index is 2.61. The molecule has 18 heavy (non-hydrogen) atoms. The molecule has 1 rings (SSSR count). The summed E-state index contributed by atoms with van der Waals surface area (Å²) < 4.78 is 0. The number of carbonyl (C=O) groups is 1. The molecule has 1 heterocycles. The van der Waals surface area contributed by atoms with Crippen LogP contribution in [0.5, 0.6) is 0 Å². The summed E-state index contributed by atoms with van der Waals surface area (Å²) in [6.45, 7) is 5.64. The van der Waals surface area contributed by atoms with E-state index in [1.165, 1.54) is 11.3 Å². The third-order valence-corrected chi connectivity index (χ3v) is 3.45. The van der Waals surface area contributed by atoms with Gasteiger partial charge in [-0.3, -0.25) is 4.79 Å². The van der Waals surface area contributed by atoms with Crippen LogP contribution < -0.4 is 5.73 Å². The van der Waals surface area contributed by atoms with Gasteiger partial charge in [0.05, 0.1) is 12.1 Å². The van der Waals surface area contributed by atoms with E-state index >= 15 is 0 Å². The second-order valence-electron chi connectivity index (χ2n) is 4.64. The van der Waals surface area contributed by atoms with Crippen molar-refractivity contribution in [2.75, 3.05) is 32.9 Å². The van der Waals surface area contributed by atoms with Crippen LogP contribution in [0, 0.1) is 0 Å². The first-order valence-electron chi connectivity index (χ1n) is 6.08. The van der Waals surface area contributed by atoms with Crippen molar-refractivity contribution in [3.63, 3.8) is 0 Å². The lowest BCUT2D eigenvalue weighted by Crippen LogP contribution is -2.44. The Labute approximate surface area is 113 Å². The minimum absolute atomic E-state index is 0.108. The van der Waals surface area contributed by atoms with Crippen LogP contribution in [-0.4, -0.2) is 53.9 Å². The number of anilines is 1. The van der Waals surface area contributed by atoms with E-state index in [-0.39, 0.29) is 11.9 Å². The third kappa shape index (κ3) is 4.27. The van der Waals surface area contributed by atoms with Gasteiger partial charge in [0.15, 0.2) is 5.13 Å². The SMILES string of the molecule is CCN(C(=O)Cc1csc(N)n1)C(C)CN(C)C. The van der Waals surface area contributed by atoms with Crippen molar-refractivity contribution in [2.24, 2.45) is 0 Å². The number of nitrogens with zero attached hydrogens (tertiary/aromatic N) is 3. The highest BCUT2D eigenvalue weighted by atomic mass is 32.1. The first kappa shape index (κ1) is 14.9. The molecular formula is C12H22N4OS. The second kappa shape index (κ2) is 6.70. The monoisotopic (exact) mass is 270 g/mol. The standard InChI is InChI=1S/C12H22N4OS/c1-5-16(9(2)7-15(3)4)11(17)6-10-8-18-12(13)14-10/h8-9H,5-7H2,1-4H3,(H2,13,14). The van der Waals surface area contributed by atoms with Crippen molar-refractivity contribution in [2.45, 2.75) is 26.3 Å². The van der Waals surface area contributed by atoms with E-state index in [1.807, 2.05) is 31.3 Å². The van der Waals surface area contributed by atoms with Gasteiger partial charge in [-0.25, -0.2) is 4.98 Å². The van der Waals surface area contributed by atoms with Gasteiger partial charge < -0.3 is 15.5 Å². The summed E-state index contributed by atoms with van der Waals surface area (Å²) in [5, 5.41) is 2.36. The van der Waals surface area contributed by atoms with E-state index < -0.39 is 0 Å². The van der Waals surface area contributed by atoms with Crippen molar-refractivity contribution in [1.29, 1.82) is 0 Å². The molecule has 0 saturated heterocycles. The number of hydrogen-bond acceptors (Lipinski definition) is 5. The van der Waals surface area contributed by atoms with Gasteiger partial charge in [0, 0.05) is 24.5 Å². The minimum atomic E-state index is 0.108. The molecule has 0 spiro atoms. The molecule has 102 valence electrons. The largest absolute Gasteiger partial charge is 0.375 e. The lowest BCUT2D eigenvalue weighted by molar-refractivity contribution is -0.132. The average Bonchev–Trinajstić information content (AvgIpc) is 2.63. The zero-order valence-corrected chi connectivity index (χ0v) is 12.3. The lowest BCUT2D eigenvalue weighted by Gasteiger charge is -2.30. The molecule has 0 aliphatic rings. The van der Waals surface area contributed by atoms with Gasteiger partial charge in [-0.05, 0) is 27.9 Å². The van der Waals surface area contributed by atoms with Crippen LogP contribution in [0.4, 0.5) is 5.13 Å². The smallest absolute Gasteiger partial charge is 0.228 e. The Kier molecular flexibility index (Phi) is 5.55. The lowest BCUT2D eigenvalue weighted by atomic mass is 10.2. The number of likely N-dealkylation sites (N-methyl/N-ethyl adjacent to an activating group) is 2. The Morgan fingerprint density at radius 3 is 2.67 bits per heavy atom. The molecule has 1 unspecified atom stereocenters. The molecule has 1 aromatic heterocycles. The van der Waals surface area contributed by atoms with Crippen LogP contribution in [0.15, 0.2) is 5.38 Å². The number of nitrogen functional groups attached to an aromatic ring is 1. The quantitative estimate of drug-likeness (QED) is 0.840. The number of hydrogen-bond donors (Lipinski definition) is 1. The fourth-order valence-corrected chi connectivity index (χ4v) is 2.58. The highest BCUT2D eigenvalue weighted by Crippen LogP contribution is 2.13. The van der Waals surface area contributed by atoms with Crippen molar-refractivity contribution < 1.29 is 4.79 Å². The fraction of sp³-hybridized carbons (Fsp3) is 0.667. The van der Waals surface area contributed by atoms with Gasteiger partial charge in [-0.1, -0.05) is 0 Å². The van der Waals surface area contributed by atoms with Crippen molar-refractivity contribution in [3.05, 3.63) is 11.1 Å². The zero-order valence-electron chi connectivity index (χ0n) is 11.5. The van der Waals surface area contributed by atoms with E-state index in [4.69, 9.17) is 5.73 Å². The summed E-state index contributed by atoms with van der Waals surface area (Å²) in [6, 6.07) is 0.202. The molecule has 0 radical (unpaired) electrons. The van der Waals surface area contributed by atoms with E-state index in [1.54, 1.807) is 0 Å². The summed E-state index contributed by atoms with van der Waals surface area (Å²) in [5.74, 6) is 0.108. The zero-order chi connectivity index (χ0) is 13.7. The molecule has 0 aliphatic heterocycles. The number of thiazole rings is 1. The van der Waals surface area contributed by atoms with E-state index in [9.17, 15) is 4.79 Å². The first-order valence-corrected chi connectivity index (χ1v) is 6.96. The summed E-state index contributed by atoms with van der Waals surface area (Å²) in [4.78, 5) is 20.3. The van der Waals surface area contributed by atoms with Crippen LogP contribution in [0.2, 0.25) is 0 Å². The second-order valence-corrected chi connectivity index (χ2v) is 5.53. The van der Waals surface area contributed by atoms with Gasteiger partial charge >= 0.3 is 0 Å². The number of nitrogens with two attached hydrogens (primary N) is 1. The average molecular weight is 270 g/mol. The highest BCUT2D eigenvalue weighted by Gasteiger charge is 2.19. The van der Waals surface area contributed by atoms with Crippen LogP contribution >= 0.6 is 11.3 Å². The molecule has 0 saturated carbocycles. The number of carbonyl (C=O) groups excluding carboxylic acids is 1. The van der Waals surface area contributed by atoms with Crippen molar-refractivity contribution >= 4 is 22.4 Å². The van der Waals surface area contributed by atoms with Gasteiger partial charge in [0.2, 0.25) is 5.91 Å². The van der Waals surface area contributed by atoms with Crippen LogP contribution in [0.25, 0.3) is 0 Å². The van der Waals surface area contributed by atoms with E-state index in [2.05, 4.69) is 16.8 Å². The summed E-state index contributed by atoms with van der Waals surface area (Å²) in [7, 11) is 4.02. The molecule has 5 nitrogen and oxygen atoms in total. The summed E-state index contributed by atoms with van der Waals surface area (Å²) in [6.07, 6.45) is 0.333. The molecule has 6 heteroatoms. The Bertz CT molecular complexity index is 391. The molecule has 1 aromatic rings. The summed E-state index contributed by atoms with van der Waals surface area (Å²) >= 11 is 1.37. The fourth-order valence-electron chi connectivity index (χ4n) is 2.02. The Hall–Kier alpha value is -1.14. The maximum Gasteiger partial charge on any atom is 0.228 e. The first-order chi connectivity index (χ1) is 8.43. The van der Waals surface area contributed by atoms with E-state index in [0.717, 1.165) is 12.2 Å². The maximum absolute atomic E-state index is 12.2. The number of amides is 1. The molecule has 1 amide bonds. The maximum atomic E-state index is 12.2. The van der Waals surface area contributed by atoms with Crippen LogP contribution in [0.1, 0.15) is 19.5 Å². The predicted octanol–water partition coefficient (Wildman–Crippen LogP) is 1.07. The van der Waals surface area contributed by atoms with E-state index in [0.29, 0.717) is 18.1 Å². The number of aromatic nitrogens is 1. The summed E-state index contributed by atoms with van der Waals surface area (Å²) in [5.41, 5.74) is 6.33. The number of rotatable bonds is 6. The minimum Gasteiger partial charge on any atom is -0.375 e. The van der Waals surface area contributed by atoms with Crippen molar-refractivity contribution in [1.82, 2.24) is 14.8 Å². The van der Waals surface area contributed by atoms with Crippen molar-refractivity contribution in [3.8, 4) is 0 Å². The molecule has 0 aromatic carbocycles. The van der Waals surface area contributed by atoms with Gasteiger partial charge in [0.1, 0.15) is 0 Å².